The van der Waals surface area contributed by atoms with E-state index in [0.717, 1.165) is 5.56 Å². The van der Waals surface area contributed by atoms with Crippen LogP contribution in [0.1, 0.15) is 28.4 Å². The predicted octanol–water partition coefficient (Wildman–Crippen LogP) is 3.27. The number of hydrogen-bond donors (Lipinski definition) is 1. The van der Waals surface area contributed by atoms with Crippen molar-refractivity contribution in [1.29, 1.82) is 5.26 Å². The number of hydrogen-bond acceptors (Lipinski definition) is 4. The Morgan fingerprint density at radius 3 is 2.46 bits per heavy atom. The second-order valence-electron chi connectivity index (χ2n) is 4.94. The van der Waals surface area contributed by atoms with Gasteiger partial charge in [-0.1, -0.05) is 54.1 Å². The first-order chi connectivity index (χ1) is 11.6. The van der Waals surface area contributed by atoms with Gasteiger partial charge in [-0.25, -0.2) is 0 Å². The van der Waals surface area contributed by atoms with Crippen LogP contribution in [0.5, 0.6) is 0 Å². The van der Waals surface area contributed by atoms with Gasteiger partial charge in [-0.15, -0.1) is 0 Å². The molecule has 0 radical (unpaired) electrons. The largest absolute Gasteiger partial charge is 0.450 e. The van der Waals surface area contributed by atoms with Crippen LogP contribution in [0.15, 0.2) is 54.6 Å². The predicted molar refractivity (Wildman–Crippen MR) is 89.3 cm³/mol. The first kappa shape index (κ1) is 17.5. The molecule has 0 spiro atoms. The van der Waals surface area contributed by atoms with Crippen molar-refractivity contribution >= 4 is 23.5 Å². The lowest BCUT2D eigenvalue weighted by Crippen LogP contribution is -2.30. The molecule has 0 heterocycles. The molecule has 2 aromatic rings. The van der Waals surface area contributed by atoms with Crippen molar-refractivity contribution in [3.63, 3.8) is 0 Å². The lowest BCUT2D eigenvalue weighted by molar-refractivity contribution is -0.142. The molecule has 1 atom stereocenters. The molecule has 5 nitrogen and oxygen atoms in total. The standard InChI is InChI=1S/C18H15ClN2O3/c19-15-9-5-4-8-14(15)18(23)21-16(12-17(22)24-11-10-20)13-6-2-1-3-7-13/h1-9,16H,11-12H2,(H,21,23). The number of ether oxygens (including phenoxy) is 1. The van der Waals surface area contributed by atoms with Gasteiger partial charge in [0, 0.05) is 0 Å². The van der Waals surface area contributed by atoms with Gasteiger partial charge < -0.3 is 10.1 Å². The molecule has 0 fully saturated rings. The van der Waals surface area contributed by atoms with Gasteiger partial charge in [0.1, 0.15) is 6.07 Å². The van der Waals surface area contributed by atoms with Crippen molar-refractivity contribution in [2.75, 3.05) is 6.61 Å². The van der Waals surface area contributed by atoms with E-state index < -0.39 is 12.0 Å². The number of esters is 1. The molecule has 0 aromatic heterocycles. The summed E-state index contributed by atoms with van der Waals surface area (Å²) in [6.45, 7) is -0.321. The van der Waals surface area contributed by atoms with Gasteiger partial charge in [0.2, 0.25) is 0 Å². The number of amides is 1. The number of carbonyl (C=O) groups excluding carboxylic acids is 2. The molecule has 1 amide bonds. The summed E-state index contributed by atoms with van der Waals surface area (Å²) in [7, 11) is 0. The van der Waals surface area contributed by atoms with E-state index in [9.17, 15) is 9.59 Å². The summed E-state index contributed by atoms with van der Waals surface area (Å²) < 4.78 is 4.78. The Morgan fingerprint density at radius 2 is 1.79 bits per heavy atom. The van der Waals surface area contributed by atoms with Crippen molar-refractivity contribution in [2.24, 2.45) is 0 Å². The van der Waals surface area contributed by atoms with Crippen molar-refractivity contribution in [1.82, 2.24) is 5.32 Å². The van der Waals surface area contributed by atoms with Crippen LogP contribution >= 0.6 is 11.6 Å². The molecule has 0 aliphatic heterocycles. The van der Waals surface area contributed by atoms with Crippen LogP contribution < -0.4 is 5.32 Å². The molecular weight excluding hydrogens is 328 g/mol. The van der Waals surface area contributed by atoms with E-state index >= 15 is 0 Å². The summed E-state index contributed by atoms with van der Waals surface area (Å²) in [4.78, 5) is 24.3. The fourth-order valence-electron chi connectivity index (χ4n) is 2.16. The van der Waals surface area contributed by atoms with Gasteiger partial charge in [-0.2, -0.15) is 5.26 Å². The molecule has 2 rings (SSSR count). The molecule has 0 aliphatic carbocycles. The summed E-state index contributed by atoms with van der Waals surface area (Å²) in [5.41, 5.74) is 1.08. The van der Waals surface area contributed by atoms with E-state index in [4.69, 9.17) is 21.6 Å². The van der Waals surface area contributed by atoms with E-state index in [1.54, 1.807) is 42.5 Å². The molecule has 0 bridgehead atoms. The maximum absolute atomic E-state index is 12.4. The Morgan fingerprint density at radius 1 is 1.12 bits per heavy atom. The average molecular weight is 343 g/mol. The second kappa shape index (κ2) is 8.70. The highest BCUT2D eigenvalue weighted by molar-refractivity contribution is 6.33. The van der Waals surface area contributed by atoms with E-state index in [0.29, 0.717) is 10.6 Å². The normalized spacial score (nSPS) is 11.2. The molecule has 0 saturated heterocycles. The summed E-state index contributed by atoms with van der Waals surface area (Å²) >= 11 is 6.03. The number of rotatable bonds is 6. The molecular formula is C18H15ClN2O3. The third-order valence-corrected chi connectivity index (χ3v) is 3.62. The maximum Gasteiger partial charge on any atom is 0.309 e. The number of benzene rings is 2. The summed E-state index contributed by atoms with van der Waals surface area (Å²) in [5, 5.41) is 11.6. The van der Waals surface area contributed by atoms with E-state index in [2.05, 4.69) is 5.32 Å². The van der Waals surface area contributed by atoms with E-state index in [1.807, 2.05) is 18.2 Å². The zero-order chi connectivity index (χ0) is 17.4. The molecule has 6 heteroatoms. The molecule has 24 heavy (non-hydrogen) atoms. The fraction of sp³-hybridized carbons (Fsp3) is 0.167. The minimum Gasteiger partial charge on any atom is -0.450 e. The SMILES string of the molecule is N#CCOC(=O)CC(NC(=O)c1ccccc1Cl)c1ccccc1. The maximum atomic E-state index is 12.4. The number of nitrogens with zero attached hydrogens (tertiary/aromatic N) is 1. The highest BCUT2D eigenvalue weighted by Crippen LogP contribution is 2.20. The summed E-state index contributed by atoms with van der Waals surface area (Å²) in [5.74, 6) is -0.951. The molecule has 122 valence electrons. The quantitative estimate of drug-likeness (QED) is 0.817. The topological polar surface area (TPSA) is 79.2 Å². The Kier molecular flexibility index (Phi) is 6.35. The fourth-order valence-corrected chi connectivity index (χ4v) is 2.38. The Hall–Kier alpha value is -2.84. The van der Waals surface area contributed by atoms with Crippen LogP contribution in [0, 0.1) is 11.3 Å². The molecule has 1 unspecified atom stereocenters. The lowest BCUT2D eigenvalue weighted by atomic mass is 10.0. The van der Waals surface area contributed by atoms with Crippen molar-refractivity contribution < 1.29 is 14.3 Å². The Bertz CT molecular complexity index is 756. The van der Waals surface area contributed by atoms with Gasteiger partial charge in [-0.3, -0.25) is 9.59 Å². The van der Waals surface area contributed by atoms with Crippen LogP contribution in [0.4, 0.5) is 0 Å². The van der Waals surface area contributed by atoms with Gasteiger partial charge >= 0.3 is 5.97 Å². The van der Waals surface area contributed by atoms with Crippen molar-refractivity contribution in [3.8, 4) is 6.07 Å². The van der Waals surface area contributed by atoms with Crippen LogP contribution in [0.3, 0.4) is 0 Å². The number of halogens is 1. The first-order valence-electron chi connectivity index (χ1n) is 7.24. The van der Waals surface area contributed by atoms with Crippen molar-refractivity contribution in [3.05, 3.63) is 70.7 Å². The third kappa shape index (κ3) is 4.83. The van der Waals surface area contributed by atoms with Crippen molar-refractivity contribution in [2.45, 2.75) is 12.5 Å². The zero-order valence-electron chi connectivity index (χ0n) is 12.7. The highest BCUT2D eigenvalue weighted by atomic mass is 35.5. The number of carbonyl (C=O) groups is 2. The monoisotopic (exact) mass is 342 g/mol. The zero-order valence-corrected chi connectivity index (χ0v) is 13.5. The number of nitriles is 1. The van der Waals surface area contributed by atoms with Gasteiger partial charge in [0.25, 0.3) is 5.91 Å². The molecule has 0 aliphatic rings. The average Bonchev–Trinajstić information content (AvgIpc) is 2.60. The third-order valence-electron chi connectivity index (χ3n) is 3.29. The Labute approximate surface area is 144 Å². The second-order valence-corrected chi connectivity index (χ2v) is 5.35. The van der Waals surface area contributed by atoms with E-state index in [-0.39, 0.29) is 18.9 Å². The minimum absolute atomic E-state index is 0.0815. The molecule has 0 saturated carbocycles. The molecule has 2 aromatic carbocycles. The number of nitrogens with one attached hydrogen (secondary N) is 1. The smallest absolute Gasteiger partial charge is 0.309 e. The van der Waals surface area contributed by atoms with Gasteiger partial charge in [0.15, 0.2) is 6.61 Å². The Balaban J connectivity index is 2.17. The summed E-state index contributed by atoms with van der Waals surface area (Å²) in [6.07, 6.45) is -0.0815. The highest BCUT2D eigenvalue weighted by Gasteiger charge is 2.21. The minimum atomic E-state index is -0.582. The molecule has 1 N–H and O–H groups in total. The summed E-state index contributed by atoms with van der Waals surface area (Å²) in [6, 6.07) is 16.9. The van der Waals surface area contributed by atoms with Crippen LogP contribution in [-0.4, -0.2) is 18.5 Å². The van der Waals surface area contributed by atoms with Gasteiger partial charge in [0.05, 0.1) is 23.0 Å². The lowest BCUT2D eigenvalue weighted by Gasteiger charge is -2.18. The van der Waals surface area contributed by atoms with Crippen LogP contribution in [0.25, 0.3) is 0 Å². The van der Waals surface area contributed by atoms with Crippen LogP contribution in [-0.2, 0) is 9.53 Å². The van der Waals surface area contributed by atoms with Gasteiger partial charge in [-0.05, 0) is 17.7 Å². The van der Waals surface area contributed by atoms with Crippen LogP contribution in [0.2, 0.25) is 5.02 Å². The first-order valence-corrected chi connectivity index (χ1v) is 7.62. The van der Waals surface area contributed by atoms with E-state index in [1.165, 1.54) is 0 Å².